The van der Waals surface area contributed by atoms with Gasteiger partial charge in [0.25, 0.3) is 0 Å². The number of fused-ring (bicyclic) bond motifs is 1. The summed E-state index contributed by atoms with van der Waals surface area (Å²) in [7, 11) is 0. The van der Waals surface area contributed by atoms with Crippen molar-refractivity contribution in [1.29, 1.82) is 0 Å². The Hall–Kier alpha value is -1.23. The fourth-order valence-electron chi connectivity index (χ4n) is 1.12. The molecule has 66 valence electrons. The quantitative estimate of drug-likeness (QED) is 0.609. The van der Waals surface area contributed by atoms with E-state index in [-0.39, 0.29) is 11.6 Å². The van der Waals surface area contributed by atoms with Crippen LogP contribution in [0.4, 0.5) is 0 Å². The largest absolute Gasteiger partial charge is 0.298 e. The first-order valence-electron chi connectivity index (χ1n) is 3.75. The summed E-state index contributed by atoms with van der Waals surface area (Å²) in [5.74, 6) is 0.777. The maximum absolute atomic E-state index is 11.1. The zero-order valence-electron chi connectivity index (χ0n) is 6.69. The highest BCUT2D eigenvalue weighted by Gasteiger charge is 2.17. The van der Waals surface area contributed by atoms with Gasteiger partial charge >= 0.3 is 0 Å². The highest BCUT2D eigenvalue weighted by molar-refractivity contribution is 8.00. The third-order valence-corrected chi connectivity index (χ3v) is 2.83. The highest BCUT2D eigenvalue weighted by atomic mass is 32.2. The van der Waals surface area contributed by atoms with Crippen molar-refractivity contribution in [2.45, 2.75) is 11.3 Å². The Bertz CT molecular complexity index is 378. The van der Waals surface area contributed by atoms with E-state index in [0.29, 0.717) is 24.2 Å². The van der Waals surface area contributed by atoms with Crippen LogP contribution < -0.4 is 0 Å². The second-order valence-electron chi connectivity index (χ2n) is 2.66. The van der Waals surface area contributed by atoms with Gasteiger partial charge in [-0.2, -0.15) is 0 Å². The monoisotopic (exact) mass is 194 g/mol. The molecular formula is C8H6N2O2S. The van der Waals surface area contributed by atoms with Gasteiger partial charge in [0, 0.05) is 11.1 Å². The van der Waals surface area contributed by atoms with E-state index < -0.39 is 0 Å². The van der Waals surface area contributed by atoms with Gasteiger partial charge in [-0.05, 0) is 0 Å². The van der Waals surface area contributed by atoms with E-state index in [1.54, 1.807) is 6.20 Å². The van der Waals surface area contributed by atoms with E-state index in [2.05, 4.69) is 9.97 Å². The Morgan fingerprint density at radius 1 is 1.54 bits per heavy atom. The van der Waals surface area contributed by atoms with E-state index in [9.17, 15) is 9.59 Å². The summed E-state index contributed by atoms with van der Waals surface area (Å²) in [5, 5.41) is 0. The number of nitrogens with zero attached hydrogens (tertiary/aromatic N) is 2. The number of carbonyl (C=O) groups is 2. The van der Waals surface area contributed by atoms with Gasteiger partial charge in [0.2, 0.25) is 0 Å². The Balaban J connectivity index is 2.43. The normalized spacial score (nSPS) is 15.2. The van der Waals surface area contributed by atoms with E-state index >= 15 is 0 Å². The van der Waals surface area contributed by atoms with E-state index in [1.165, 1.54) is 11.8 Å². The van der Waals surface area contributed by atoms with Crippen LogP contribution in [0.1, 0.15) is 16.3 Å². The van der Waals surface area contributed by atoms with Crippen LogP contribution in [0, 0.1) is 0 Å². The molecule has 2 heterocycles. The first-order valence-corrected chi connectivity index (χ1v) is 4.74. The Kier molecular flexibility index (Phi) is 2.10. The van der Waals surface area contributed by atoms with Crippen molar-refractivity contribution >= 4 is 23.8 Å². The topological polar surface area (TPSA) is 59.9 Å². The predicted octanol–water partition coefficient (Wildman–Crippen LogP) is 0.506. The molecule has 0 atom stereocenters. The summed E-state index contributed by atoms with van der Waals surface area (Å²) in [6.45, 7) is 0. The van der Waals surface area contributed by atoms with Crippen molar-refractivity contribution in [3.8, 4) is 0 Å². The van der Waals surface area contributed by atoms with Gasteiger partial charge < -0.3 is 0 Å². The molecule has 0 spiro atoms. The SMILES string of the molecule is O=Cc1ncc2c(n1)CC(=O)CS2. The molecule has 0 radical (unpaired) electrons. The number of hydrogen-bond donors (Lipinski definition) is 0. The molecule has 0 aromatic carbocycles. The second kappa shape index (κ2) is 3.26. The molecule has 0 bridgehead atoms. The lowest BCUT2D eigenvalue weighted by Gasteiger charge is -2.11. The molecule has 1 aliphatic heterocycles. The summed E-state index contributed by atoms with van der Waals surface area (Å²) in [4.78, 5) is 30.1. The van der Waals surface area contributed by atoms with Crippen LogP contribution in [0.25, 0.3) is 0 Å². The van der Waals surface area contributed by atoms with Crippen molar-refractivity contribution in [1.82, 2.24) is 9.97 Å². The van der Waals surface area contributed by atoms with E-state index in [4.69, 9.17) is 0 Å². The van der Waals surface area contributed by atoms with Crippen molar-refractivity contribution < 1.29 is 9.59 Å². The minimum atomic E-state index is 0.146. The summed E-state index contributed by atoms with van der Waals surface area (Å²) in [5.41, 5.74) is 0.679. The number of aldehydes is 1. The summed E-state index contributed by atoms with van der Waals surface area (Å²) >= 11 is 1.43. The number of carbonyl (C=O) groups excluding carboxylic acids is 2. The van der Waals surface area contributed by atoms with Gasteiger partial charge in [-0.3, -0.25) is 9.59 Å². The smallest absolute Gasteiger partial charge is 0.192 e. The molecule has 0 saturated heterocycles. The van der Waals surface area contributed by atoms with Crippen LogP contribution in [0.5, 0.6) is 0 Å². The van der Waals surface area contributed by atoms with Gasteiger partial charge in [0.15, 0.2) is 12.1 Å². The molecule has 5 heteroatoms. The van der Waals surface area contributed by atoms with Crippen LogP contribution in [0.3, 0.4) is 0 Å². The minimum Gasteiger partial charge on any atom is -0.298 e. The Morgan fingerprint density at radius 2 is 2.38 bits per heavy atom. The number of ketones is 1. The van der Waals surface area contributed by atoms with Gasteiger partial charge in [0.05, 0.1) is 17.9 Å². The molecule has 4 nitrogen and oxygen atoms in total. The lowest BCUT2D eigenvalue weighted by atomic mass is 10.2. The number of Topliss-reactive ketones (excluding diaryl/α,β-unsaturated/α-hetero) is 1. The average Bonchev–Trinajstić information content (AvgIpc) is 2.16. The zero-order chi connectivity index (χ0) is 9.26. The molecule has 1 aromatic rings. The van der Waals surface area contributed by atoms with Crippen molar-refractivity contribution in [2.24, 2.45) is 0 Å². The standard InChI is InChI=1S/C8H6N2O2S/c11-3-8-9-2-7-6(10-8)1-5(12)4-13-7/h2-3H,1,4H2. The van der Waals surface area contributed by atoms with E-state index in [1.807, 2.05) is 0 Å². The minimum absolute atomic E-state index is 0.146. The Morgan fingerprint density at radius 3 is 3.15 bits per heavy atom. The molecule has 0 N–H and O–H groups in total. The van der Waals surface area contributed by atoms with Crippen LogP contribution in [-0.4, -0.2) is 27.8 Å². The summed E-state index contributed by atoms with van der Waals surface area (Å²) in [6.07, 6.45) is 2.51. The maximum Gasteiger partial charge on any atom is 0.192 e. The van der Waals surface area contributed by atoms with E-state index in [0.717, 1.165) is 4.90 Å². The molecule has 0 saturated carbocycles. The van der Waals surface area contributed by atoms with Crippen molar-refractivity contribution in [2.75, 3.05) is 5.75 Å². The van der Waals surface area contributed by atoms with Crippen LogP contribution >= 0.6 is 11.8 Å². The summed E-state index contributed by atoms with van der Waals surface area (Å²) in [6, 6.07) is 0. The van der Waals surface area contributed by atoms with Crippen molar-refractivity contribution in [3.63, 3.8) is 0 Å². The predicted molar refractivity (Wildman–Crippen MR) is 46.9 cm³/mol. The van der Waals surface area contributed by atoms with Crippen molar-refractivity contribution in [3.05, 3.63) is 17.7 Å². The molecule has 0 amide bonds. The number of thioether (sulfide) groups is 1. The second-order valence-corrected chi connectivity index (χ2v) is 3.68. The van der Waals surface area contributed by atoms with Crippen LogP contribution in [0.15, 0.2) is 11.1 Å². The van der Waals surface area contributed by atoms with Gasteiger partial charge in [-0.1, -0.05) is 0 Å². The lowest BCUT2D eigenvalue weighted by molar-refractivity contribution is -0.116. The lowest BCUT2D eigenvalue weighted by Crippen LogP contribution is -2.14. The fraction of sp³-hybridized carbons (Fsp3) is 0.250. The third-order valence-electron chi connectivity index (χ3n) is 1.71. The molecule has 2 rings (SSSR count). The highest BCUT2D eigenvalue weighted by Crippen LogP contribution is 2.25. The molecule has 0 aliphatic carbocycles. The molecule has 1 aliphatic rings. The van der Waals surface area contributed by atoms with Crippen LogP contribution in [0.2, 0.25) is 0 Å². The number of aromatic nitrogens is 2. The number of rotatable bonds is 1. The summed E-state index contributed by atoms with van der Waals surface area (Å²) < 4.78 is 0. The molecular weight excluding hydrogens is 188 g/mol. The van der Waals surface area contributed by atoms with Crippen LogP contribution in [-0.2, 0) is 11.2 Å². The first-order chi connectivity index (χ1) is 6.29. The van der Waals surface area contributed by atoms with Gasteiger partial charge in [0.1, 0.15) is 5.78 Å². The third kappa shape index (κ3) is 1.60. The molecule has 0 unspecified atom stereocenters. The van der Waals surface area contributed by atoms with Gasteiger partial charge in [-0.15, -0.1) is 11.8 Å². The first kappa shape index (κ1) is 8.37. The number of hydrogen-bond acceptors (Lipinski definition) is 5. The Labute approximate surface area is 78.8 Å². The average molecular weight is 194 g/mol. The van der Waals surface area contributed by atoms with Gasteiger partial charge in [-0.25, -0.2) is 9.97 Å². The molecule has 0 fully saturated rings. The molecule has 13 heavy (non-hydrogen) atoms. The molecule has 1 aromatic heterocycles. The maximum atomic E-state index is 11.1. The zero-order valence-corrected chi connectivity index (χ0v) is 7.50. The fourth-order valence-corrected chi connectivity index (χ4v) is 1.95.